The first kappa shape index (κ1) is 31.6. The number of carbonyl (C=O) groups is 1. The van der Waals surface area contributed by atoms with Crippen LogP contribution in [0.4, 0.5) is 0 Å². The standard InChI is InChI=1S/C30H53NO4/c1-3-5-7-9-11-16-22-31(23-17-12-10-8-6-4-2)25-29(32)27-34-24-18-21-30(33)35-26-28-19-14-13-15-20-28/h13-15,19-20,29,32H,3-12,16-18,21-27H2,1-2H3. The molecule has 0 amide bonds. The summed E-state index contributed by atoms with van der Waals surface area (Å²) in [6, 6.07) is 9.70. The lowest BCUT2D eigenvalue weighted by atomic mass is 10.1. The van der Waals surface area contributed by atoms with Gasteiger partial charge in [0.05, 0.1) is 12.7 Å². The molecule has 0 aliphatic heterocycles. The molecule has 0 saturated carbocycles. The molecule has 1 unspecified atom stereocenters. The molecule has 1 aromatic rings. The molecular formula is C30H53NO4. The number of hydrogen-bond acceptors (Lipinski definition) is 5. The Morgan fingerprint density at radius 3 is 2.00 bits per heavy atom. The first-order chi connectivity index (χ1) is 17.2. The molecule has 0 aromatic heterocycles. The maximum atomic E-state index is 11.9. The Morgan fingerprint density at radius 1 is 0.829 bits per heavy atom. The maximum Gasteiger partial charge on any atom is 0.306 e. The van der Waals surface area contributed by atoms with Crippen LogP contribution in [0.3, 0.4) is 0 Å². The predicted octanol–water partition coefficient (Wildman–Crippen LogP) is 6.91. The molecule has 0 radical (unpaired) electrons. The van der Waals surface area contributed by atoms with E-state index < -0.39 is 6.10 Å². The molecule has 1 rings (SSSR count). The molecule has 0 aliphatic carbocycles. The Labute approximate surface area is 215 Å². The number of benzene rings is 1. The molecule has 1 aromatic carbocycles. The topological polar surface area (TPSA) is 59.0 Å². The zero-order chi connectivity index (χ0) is 25.4. The van der Waals surface area contributed by atoms with Crippen molar-refractivity contribution in [1.29, 1.82) is 0 Å². The second-order valence-corrected chi connectivity index (χ2v) is 9.81. The van der Waals surface area contributed by atoms with Gasteiger partial charge in [0.2, 0.25) is 0 Å². The molecule has 1 atom stereocenters. The van der Waals surface area contributed by atoms with Crippen LogP contribution in [-0.4, -0.2) is 54.9 Å². The number of nitrogens with zero attached hydrogens (tertiary/aromatic N) is 1. The van der Waals surface area contributed by atoms with Gasteiger partial charge < -0.3 is 19.5 Å². The van der Waals surface area contributed by atoms with Crippen molar-refractivity contribution in [2.45, 2.75) is 116 Å². The first-order valence-electron chi connectivity index (χ1n) is 14.3. The van der Waals surface area contributed by atoms with Gasteiger partial charge in [-0.2, -0.15) is 0 Å². The Morgan fingerprint density at radius 2 is 1.40 bits per heavy atom. The van der Waals surface area contributed by atoms with Gasteiger partial charge in [0.1, 0.15) is 6.61 Å². The van der Waals surface area contributed by atoms with Crippen molar-refractivity contribution in [3.63, 3.8) is 0 Å². The fourth-order valence-electron chi connectivity index (χ4n) is 4.22. The van der Waals surface area contributed by atoms with Crippen molar-refractivity contribution in [2.24, 2.45) is 0 Å². The van der Waals surface area contributed by atoms with Crippen molar-refractivity contribution in [3.8, 4) is 0 Å². The van der Waals surface area contributed by atoms with Gasteiger partial charge in [-0.25, -0.2) is 0 Å². The first-order valence-corrected chi connectivity index (χ1v) is 14.3. The average Bonchev–Trinajstić information content (AvgIpc) is 2.87. The van der Waals surface area contributed by atoms with Crippen LogP contribution in [0.1, 0.15) is 109 Å². The van der Waals surface area contributed by atoms with Crippen LogP contribution in [-0.2, 0) is 20.9 Å². The Kier molecular flexibility index (Phi) is 20.8. The minimum atomic E-state index is -0.486. The summed E-state index contributed by atoms with van der Waals surface area (Å²) in [6.45, 7) is 8.40. The summed E-state index contributed by atoms with van der Waals surface area (Å²) in [7, 11) is 0. The lowest BCUT2D eigenvalue weighted by Gasteiger charge is -2.25. The molecule has 0 bridgehead atoms. The van der Waals surface area contributed by atoms with Gasteiger partial charge in [0.15, 0.2) is 0 Å². The molecule has 5 heteroatoms. The number of aliphatic hydroxyl groups is 1. The Balaban J connectivity index is 2.18. The van der Waals surface area contributed by atoms with E-state index in [1.54, 1.807) is 0 Å². The number of hydrogen-bond donors (Lipinski definition) is 1. The van der Waals surface area contributed by atoms with E-state index in [2.05, 4.69) is 18.7 Å². The zero-order valence-corrected chi connectivity index (χ0v) is 22.7. The number of esters is 1. The van der Waals surface area contributed by atoms with E-state index in [-0.39, 0.29) is 5.97 Å². The Bertz CT molecular complexity index is 579. The molecule has 0 spiro atoms. The van der Waals surface area contributed by atoms with Crippen molar-refractivity contribution in [2.75, 3.05) is 32.8 Å². The lowest BCUT2D eigenvalue weighted by Crippen LogP contribution is -2.36. The van der Waals surface area contributed by atoms with Crippen LogP contribution in [0.25, 0.3) is 0 Å². The third-order valence-corrected chi connectivity index (χ3v) is 6.35. The highest BCUT2D eigenvalue weighted by molar-refractivity contribution is 5.69. The van der Waals surface area contributed by atoms with E-state index in [0.717, 1.165) is 18.7 Å². The number of rotatable bonds is 24. The van der Waals surface area contributed by atoms with Gasteiger partial charge in [-0.1, -0.05) is 108 Å². The molecule has 202 valence electrons. The summed E-state index contributed by atoms with van der Waals surface area (Å²) in [5.41, 5.74) is 0.992. The van der Waals surface area contributed by atoms with E-state index in [1.807, 2.05) is 30.3 Å². The summed E-state index contributed by atoms with van der Waals surface area (Å²) in [6.07, 6.45) is 16.0. The maximum absolute atomic E-state index is 11.9. The fraction of sp³-hybridized carbons (Fsp3) is 0.767. The van der Waals surface area contributed by atoms with Gasteiger partial charge in [-0.3, -0.25) is 4.79 Å². The lowest BCUT2D eigenvalue weighted by molar-refractivity contribution is -0.145. The minimum Gasteiger partial charge on any atom is -0.461 e. The summed E-state index contributed by atoms with van der Waals surface area (Å²) in [5, 5.41) is 10.5. The molecule has 5 nitrogen and oxygen atoms in total. The normalized spacial score (nSPS) is 12.2. The van der Waals surface area contributed by atoms with Gasteiger partial charge >= 0.3 is 5.97 Å². The molecule has 35 heavy (non-hydrogen) atoms. The molecule has 0 aliphatic rings. The van der Waals surface area contributed by atoms with Crippen LogP contribution >= 0.6 is 0 Å². The summed E-state index contributed by atoms with van der Waals surface area (Å²) in [5.74, 6) is -0.206. The van der Waals surface area contributed by atoms with Gasteiger partial charge in [0.25, 0.3) is 0 Å². The van der Waals surface area contributed by atoms with Crippen LogP contribution < -0.4 is 0 Å². The van der Waals surface area contributed by atoms with E-state index in [4.69, 9.17) is 9.47 Å². The van der Waals surface area contributed by atoms with E-state index in [9.17, 15) is 9.90 Å². The molecule has 0 heterocycles. The smallest absolute Gasteiger partial charge is 0.306 e. The van der Waals surface area contributed by atoms with E-state index in [1.165, 1.54) is 77.0 Å². The number of aliphatic hydroxyl groups excluding tert-OH is 1. The number of carbonyl (C=O) groups excluding carboxylic acids is 1. The van der Waals surface area contributed by atoms with Crippen LogP contribution in [0.15, 0.2) is 30.3 Å². The van der Waals surface area contributed by atoms with Crippen LogP contribution in [0, 0.1) is 0 Å². The predicted molar refractivity (Wildman–Crippen MR) is 145 cm³/mol. The monoisotopic (exact) mass is 491 g/mol. The highest BCUT2D eigenvalue weighted by Gasteiger charge is 2.12. The van der Waals surface area contributed by atoms with Gasteiger partial charge in [-0.05, 0) is 37.9 Å². The van der Waals surface area contributed by atoms with Crippen molar-refractivity contribution >= 4 is 5.97 Å². The highest BCUT2D eigenvalue weighted by atomic mass is 16.5. The summed E-state index contributed by atoms with van der Waals surface area (Å²) >= 11 is 0. The highest BCUT2D eigenvalue weighted by Crippen LogP contribution is 2.10. The van der Waals surface area contributed by atoms with Gasteiger partial charge in [-0.15, -0.1) is 0 Å². The molecule has 0 saturated heterocycles. The SMILES string of the molecule is CCCCCCCCN(CCCCCCCC)CC(O)COCCCC(=O)OCc1ccccc1. The third-order valence-electron chi connectivity index (χ3n) is 6.35. The minimum absolute atomic E-state index is 0.206. The molecular weight excluding hydrogens is 438 g/mol. The Hall–Kier alpha value is -1.43. The second-order valence-electron chi connectivity index (χ2n) is 9.81. The van der Waals surface area contributed by atoms with Gasteiger partial charge in [0, 0.05) is 19.6 Å². The quantitative estimate of drug-likeness (QED) is 0.126. The largest absolute Gasteiger partial charge is 0.461 e. The van der Waals surface area contributed by atoms with Crippen molar-refractivity contribution in [1.82, 2.24) is 4.90 Å². The van der Waals surface area contributed by atoms with Crippen molar-refractivity contribution in [3.05, 3.63) is 35.9 Å². The van der Waals surface area contributed by atoms with Crippen LogP contribution in [0.2, 0.25) is 0 Å². The summed E-state index contributed by atoms with van der Waals surface area (Å²) in [4.78, 5) is 14.3. The molecule has 0 fully saturated rings. The fourth-order valence-corrected chi connectivity index (χ4v) is 4.22. The summed E-state index contributed by atoms with van der Waals surface area (Å²) < 4.78 is 11.0. The number of unbranched alkanes of at least 4 members (excludes halogenated alkanes) is 10. The second kappa shape index (κ2) is 23.0. The average molecular weight is 492 g/mol. The van der Waals surface area contributed by atoms with Crippen molar-refractivity contribution < 1.29 is 19.4 Å². The third kappa shape index (κ3) is 19.4. The number of ether oxygens (including phenoxy) is 2. The molecule has 1 N–H and O–H groups in total. The van der Waals surface area contributed by atoms with E-state index >= 15 is 0 Å². The van der Waals surface area contributed by atoms with E-state index in [0.29, 0.717) is 39.2 Å². The van der Waals surface area contributed by atoms with Crippen LogP contribution in [0.5, 0.6) is 0 Å². The zero-order valence-electron chi connectivity index (χ0n) is 22.7.